The highest BCUT2D eigenvalue weighted by Crippen LogP contribution is 2.29. The number of hydrogen-bond acceptors (Lipinski definition) is 4. The van der Waals surface area contributed by atoms with Gasteiger partial charge in [-0.1, -0.05) is 6.07 Å². The van der Waals surface area contributed by atoms with Crippen molar-refractivity contribution in [3.05, 3.63) is 52.5 Å². The highest BCUT2D eigenvalue weighted by molar-refractivity contribution is 9.10. The SMILES string of the molecule is CCOc1ccc(NS(=O)(=O)c2cccc(C(=O)N3CCCC3)c2)cc1Br. The molecule has 0 aromatic heterocycles. The highest BCUT2D eigenvalue weighted by Gasteiger charge is 2.22. The molecule has 1 N–H and O–H groups in total. The average molecular weight is 453 g/mol. The maximum absolute atomic E-state index is 12.7. The van der Waals surface area contributed by atoms with Crippen LogP contribution in [0.4, 0.5) is 5.69 Å². The van der Waals surface area contributed by atoms with E-state index >= 15 is 0 Å². The van der Waals surface area contributed by atoms with Crippen molar-refractivity contribution in [1.82, 2.24) is 4.90 Å². The van der Waals surface area contributed by atoms with Gasteiger partial charge in [-0.2, -0.15) is 0 Å². The summed E-state index contributed by atoms with van der Waals surface area (Å²) in [5.74, 6) is 0.506. The van der Waals surface area contributed by atoms with Crippen molar-refractivity contribution in [1.29, 1.82) is 0 Å². The van der Waals surface area contributed by atoms with Crippen LogP contribution >= 0.6 is 15.9 Å². The van der Waals surface area contributed by atoms with Gasteiger partial charge in [0, 0.05) is 18.7 Å². The summed E-state index contributed by atoms with van der Waals surface area (Å²) in [5.41, 5.74) is 0.786. The smallest absolute Gasteiger partial charge is 0.261 e. The lowest BCUT2D eigenvalue weighted by atomic mass is 10.2. The molecule has 27 heavy (non-hydrogen) atoms. The summed E-state index contributed by atoms with van der Waals surface area (Å²) in [7, 11) is -3.82. The summed E-state index contributed by atoms with van der Waals surface area (Å²) in [6.45, 7) is 3.82. The predicted molar refractivity (Wildman–Crippen MR) is 108 cm³/mol. The van der Waals surface area contributed by atoms with Crippen LogP contribution in [-0.4, -0.2) is 38.9 Å². The first kappa shape index (κ1) is 19.7. The molecule has 1 amide bonds. The Morgan fingerprint density at radius 1 is 1.19 bits per heavy atom. The second-order valence-corrected chi connectivity index (χ2v) is 8.75. The summed E-state index contributed by atoms with van der Waals surface area (Å²) >= 11 is 3.37. The number of sulfonamides is 1. The highest BCUT2D eigenvalue weighted by atomic mass is 79.9. The van der Waals surface area contributed by atoms with Gasteiger partial charge in [0.15, 0.2) is 0 Å². The van der Waals surface area contributed by atoms with Gasteiger partial charge in [-0.05, 0) is 72.1 Å². The first-order valence-electron chi connectivity index (χ1n) is 8.75. The van der Waals surface area contributed by atoms with E-state index in [0.717, 1.165) is 12.8 Å². The van der Waals surface area contributed by atoms with Crippen molar-refractivity contribution in [2.75, 3.05) is 24.4 Å². The Kier molecular flexibility index (Phi) is 6.06. The summed E-state index contributed by atoms with van der Waals surface area (Å²) in [4.78, 5) is 14.3. The number of halogens is 1. The molecule has 2 aromatic carbocycles. The van der Waals surface area contributed by atoms with E-state index in [-0.39, 0.29) is 10.8 Å². The zero-order valence-corrected chi connectivity index (χ0v) is 17.3. The van der Waals surface area contributed by atoms with E-state index in [1.807, 2.05) is 6.92 Å². The lowest BCUT2D eigenvalue weighted by Crippen LogP contribution is -2.27. The standard InChI is InChI=1S/C19H21BrN2O4S/c1-2-26-18-9-8-15(13-17(18)20)21-27(24,25)16-7-5-6-14(12-16)19(23)22-10-3-4-11-22/h5-9,12-13,21H,2-4,10-11H2,1H3. The van der Waals surface area contributed by atoms with Crippen molar-refractivity contribution < 1.29 is 17.9 Å². The number of rotatable bonds is 6. The van der Waals surface area contributed by atoms with Crippen LogP contribution in [0.5, 0.6) is 5.75 Å². The number of amides is 1. The Balaban J connectivity index is 1.81. The first-order chi connectivity index (χ1) is 12.9. The number of carbonyl (C=O) groups excluding carboxylic acids is 1. The summed E-state index contributed by atoms with van der Waals surface area (Å²) < 4.78 is 34.1. The molecule has 1 aliphatic heterocycles. The molecular weight excluding hydrogens is 432 g/mol. The van der Waals surface area contributed by atoms with Crippen molar-refractivity contribution in [2.24, 2.45) is 0 Å². The van der Waals surface area contributed by atoms with Crippen LogP contribution < -0.4 is 9.46 Å². The van der Waals surface area contributed by atoms with Crippen LogP contribution in [0.1, 0.15) is 30.1 Å². The van der Waals surface area contributed by atoms with E-state index in [0.29, 0.717) is 41.2 Å². The van der Waals surface area contributed by atoms with E-state index < -0.39 is 10.0 Å². The van der Waals surface area contributed by atoms with Crippen LogP contribution in [0.2, 0.25) is 0 Å². The van der Waals surface area contributed by atoms with Crippen molar-refractivity contribution in [2.45, 2.75) is 24.7 Å². The van der Waals surface area contributed by atoms with Gasteiger partial charge in [-0.3, -0.25) is 9.52 Å². The Bertz CT molecular complexity index is 940. The molecule has 0 bridgehead atoms. The first-order valence-corrected chi connectivity index (χ1v) is 11.0. The Hall–Kier alpha value is -2.06. The minimum atomic E-state index is -3.82. The van der Waals surface area contributed by atoms with Crippen LogP contribution in [0.25, 0.3) is 0 Å². The number of nitrogens with one attached hydrogen (secondary N) is 1. The Labute approximate surface area is 167 Å². The van der Waals surface area contributed by atoms with Gasteiger partial charge in [0.1, 0.15) is 5.75 Å². The number of nitrogens with zero attached hydrogens (tertiary/aromatic N) is 1. The minimum Gasteiger partial charge on any atom is -0.493 e. The van der Waals surface area contributed by atoms with E-state index in [9.17, 15) is 13.2 Å². The van der Waals surface area contributed by atoms with Crippen LogP contribution in [0.3, 0.4) is 0 Å². The van der Waals surface area contributed by atoms with Crippen LogP contribution in [-0.2, 0) is 10.0 Å². The molecule has 6 nitrogen and oxygen atoms in total. The number of carbonyl (C=O) groups is 1. The third-order valence-corrected chi connectivity index (χ3v) is 6.27. The molecule has 0 atom stereocenters. The quantitative estimate of drug-likeness (QED) is 0.721. The number of hydrogen-bond donors (Lipinski definition) is 1. The van der Waals surface area contributed by atoms with Gasteiger partial charge in [-0.15, -0.1) is 0 Å². The van der Waals surface area contributed by atoms with Crippen molar-refractivity contribution in [3.8, 4) is 5.75 Å². The number of ether oxygens (including phenoxy) is 1. The lowest BCUT2D eigenvalue weighted by molar-refractivity contribution is 0.0792. The van der Waals surface area contributed by atoms with E-state index in [1.54, 1.807) is 35.2 Å². The van der Waals surface area contributed by atoms with Gasteiger partial charge in [0.25, 0.3) is 15.9 Å². The van der Waals surface area contributed by atoms with E-state index in [4.69, 9.17) is 4.74 Å². The molecule has 0 radical (unpaired) electrons. The normalized spacial score (nSPS) is 14.2. The predicted octanol–water partition coefficient (Wildman–Crippen LogP) is 3.88. The fourth-order valence-electron chi connectivity index (χ4n) is 2.95. The molecular formula is C19H21BrN2O4S. The number of likely N-dealkylation sites (tertiary alicyclic amines) is 1. The van der Waals surface area contributed by atoms with Crippen molar-refractivity contribution >= 4 is 37.5 Å². The largest absolute Gasteiger partial charge is 0.493 e. The number of anilines is 1. The zero-order chi connectivity index (χ0) is 19.4. The second-order valence-electron chi connectivity index (χ2n) is 6.21. The maximum atomic E-state index is 12.7. The van der Waals surface area contributed by atoms with Gasteiger partial charge in [0.2, 0.25) is 0 Å². The molecule has 0 saturated carbocycles. The fourth-order valence-corrected chi connectivity index (χ4v) is 4.54. The molecule has 0 aliphatic carbocycles. The Morgan fingerprint density at radius 3 is 2.59 bits per heavy atom. The Morgan fingerprint density at radius 2 is 1.93 bits per heavy atom. The molecule has 144 valence electrons. The molecule has 0 unspecified atom stereocenters. The molecule has 1 heterocycles. The zero-order valence-electron chi connectivity index (χ0n) is 14.9. The molecule has 0 spiro atoms. The van der Waals surface area contributed by atoms with Crippen molar-refractivity contribution in [3.63, 3.8) is 0 Å². The minimum absolute atomic E-state index is 0.0533. The number of benzene rings is 2. The fraction of sp³-hybridized carbons (Fsp3) is 0.316. The summed E-state index contributed by atoms with van der Waals surface area (Å²) in [5, 5.41) is 0. The summed E-state index contributed by atoms with van der Waals surface area (Å²) in [6.07, 6.45) is 1.97. The summed E-state index contributed by atoms with van der Waals surface area (Å²) in [6, 6.07) is 11.1. The molecule has 3 rings (SSSR count). The van der Waals surface area contributed by atoms with Gasteiger partial charge in [0.05, 0.1) is 21.7 Å². The van der Waals surface area contributed by atoms with E-state index in [2.05, 4.69) is 20.7 Å². The topological polar surface area (TPSA) is 75.7 Å². The third-order valence-electron chi connectivity index (χ3n) is 4.27. The monoisotopic (exact) mass is 452 g/mol. The molecule has 1 fully saturated rings. The van der Waals surface area contributed by atoms with Crippen LogP contribution in [0, 0.1) is 0 Å². The van der Waals surface area contributed by atoms with Gasteiger partial charge < -0.3 is 9.64 Å². The van der Waals surface area contributed by atoms with Gasteiger partial charge in [-0.25, -0.2) is 8.42 Å². The van der Waals surface area contributed by atoms with Crippen LogP contribution in [0.15, 0.2) is 51.8 Å². The lowest BCUT2D eigenvalue weighted by Gasteiger charge is -2.16. The van der Waals surface area contributed by atoms with Gasteiger partial charge >= 0.3 is 0 Å². The molecule has 8 heteroatoms. The maximum Gasteiger partial charge on any atom is 0.261 e. The average Bonchev–Trinajstić information content (AvgIpc) is 3.18. The molecule has 1 aliphatic rings. The molecule has 2 aromatic rings. The third kappa shape index (κ3) is 4.62. The van der Waals surface area contributed by atoms with E-state index in [1.165, 1.54) is 12.1 Å². The second kappa shape index (κ2) is 8.31. The molecule has 1 saturated heterocycles.